The first-order valence-electron chi connectivity index (χ1n) is 6.00. The predicted octanol–water partition coefficient (Wildman–Crippen LogP) is 3.24. The lowest BCUT2D eigenvalue weighted by Gasteiger charge is -2.23. The Morgan fingerprint density at radius 1 is 1.11 bits per heavy atom. The summed E-state index contributed by atoms with van der Waals surface area (Å²) in [6.07, 6.45) is 3.61. The monoisotopic (exact) mass is 261 g/mol. The lowest BCUT2D eigenvalue weighted by Crippen LogP contribution is -2.24. The van der Waals surface area contributed by atoms with E-state index < -0.39 is 0 Å². The molecule has 0 bridgehead atoms. The maximum Gasteiger partial charge on any atom is 0.133 e. The molecule has 0 saturated carbocycles. The number of aromatic nitrogens is 2. The minimum Gasteiger partial charge on any atom is -0.351 e. The fraction of sp³-hybridized carbons (Fsp3) is 0.286. The summed E-state index contributed by atoms with van der Waals surface area (Å²) in [6.45, 7) is 3.73. The van der Waals surface area contributed by atoms with Gasteiger partial charge in [-0.1, -0.05) is 12.1 Å². The van der Waals surface area contributed by atoms with E-state index >= 15 is 0 Å². The van der Waals surface area contributed by atoms with E-state index in [0.29, 0.717) is 5.88 Å². The second-order valence-electron chi connectivity index (χ2n) is 3.96. The van der Waals surface area contributed by atoms with Gasteiger partial charge in [0.25, 0.3) is 0 Å². The van der Waals surface area contributed by atoms with Gasteiger partial charge in [-0.2, -0.15) is 0 Å². The highest BCUT2D eigenvalue weighted by molar-refractivity contribution is 6.17. The molecule has 0 saturated heterocycles. The normalized spacial score (nSPS) is 10.3. The molecule has 0 radical (unpaired) electrons. The van der Waals surface area contributed by atoms with Crippen molar-refractivity contribution in [1.29, 1.82) is 0 Å². The number of alkyl halides is 1. The van der Waals surface area contributed by atoms with Crippen LogP contribution in [0.1, 0.15) is 18.2 Å². The van der Waals surface area contributed by atoms with Crippen LogP contribution in [0.25, 0.3) is 0 Å². The molecule has 0 aromatic carbocycles. The summed E-state index contributed by atoms with van der Waals surface area (Å²) in [5, 5.41) is 0. The Labute approximate surface area is 112 Å². The lowest BCUT2D eigenvalue weighted by molar-refractivity contribution is 0.789. The molecule has 0 fully saturated rings. The van der Waals surface area contributed by atoms with Crippen LogP contribution in [0, 0.1) is 0 Å². The fourth-order valence-electron chi connectivity index (χ4n) is 1.84. The van der Waals surface area contributed by atoms with Crippen molar-refractivity contribution in [3.63, 3.8) is 0 Å². The molecule has 0 aliphatic rings. The Hall–Kier alpha value is -1.61. The quantitative estimate of drug-likeness (QED) is 0.774. The van der Waals surface area contributed by atoms with E-state index in [1.54, 1.807) is 6.20 Å². The molecule has 2 rings (SSSR count). The van der Waals surface area contributed by atoms with E-state index in [4.69, 9.17) is 11.6 Å². The smallest absolute Gasteiger partial charge is 0.133 e. The molecule has 94 valence electrons. The summed E-state index contributed by atoms with van der Waals surface area (Å²) in [6, 6.07) is 9.86. The number of hydrogen-bond donors (Lipinski definition) is 0. The SMILES string of the molecule is CCN(Cc1ccccn1)c1ncccc1CCl. The van der Waals surface area contributed by atoms with Crippen molar-refractivity contribution in [2.75, 3.05) is 11.4 Å². The molecule has 2 aromatic heterocycles. The molecule has 3 nitrogen and oxygen atoms in total. The molecule has 2 aromatic rings. The summed E-state index contributed by atoms with van der Waals surface area (Å²) in [7, 11) is 0. The Morgan fingerprint density at radius 2 is 1.94 bits per heavy atom. The van der Waals surface area contributed by atoms with Crippen molar-refractivity contribution >= 4 is 17.4 Å². The van der Waals surface area contributed by atoms with Crippen LogP contribution in [-0.4, -0.2) is 16.5 Å². The molecule has 2 heterocycles. The number of pyridine rings is 2. The lowest BCUT2D eigenvalue weighted by atomic mass is 10.2. The van der Waals surface area contributed by atoms with E-state index in [-0.39, 0.29) is 0 Å². The van der Waals surface area contributed by atoms with Gasteiger partial charge in [-0.15, -0.1) is 11.6 Å². The maximum absolute atomic E-state index is 5.95. The van der Waals surface area contributed by atoms with E-state index in [1.807, 2.05) is 36.5 Å². The molecule has 0 aliphatic carbocycles. The zero-order valence-corrected chi connectivity index (χ0v) is 11.1. The molecule has 0 aliphatic heterocycles. The van der Waals surface area contributed by atoms with Gasteiger partial charge in [-0.3, -0.25) is 4.98 Å². The van der Waals surface area contributed by atoms with Crippen LogP contribution in [0.15, 0.2) is 42.7 Å². The summed E-state index contributed by atoms with van der Waals surface area (Å²) in [5.41, 5.74) is 2.09. The molecule has 0 unspecified atom stereocenters. The maximum atomic E-state index is 5.95. The van der Waals surface area contributed by atoms with Gasteiger partial charge in [-0.05, 0) is 25.1 Å². The predicted molar refractivity (Wildman–Crippen MR) is 74.8 cm³/mol. The third-order valence-electron chi connectivity index (χ3n) is 2.77. The van der Waals surface area contributed by atoms with Crippen molar-refractivity contribution in [1.82, 2.24) is 9.97 Å². The first-order valence-corrected chi connectivity index (χ1v) is 6.53. The first-order chi connectivity index (χ1) is 8.85. The largest absolute Gasteiger partial charge is 0.351 e. The zero-order chi connectivity index (χ0) is 12.8. The number of halogens is 1. The zero-order valence-electron chi connectivity index (χ0n) is 10.4. The van der Waals surface area contributed by atoms with Crippen LogP contribution < -0.4 is 4.90 Å². The highest BCUT2D eigenvalue weighted by atomic mass is 35.5. The van der Waals surface area contributed by atoms with E-state index in [9.17, 15) is 0 Å². The first kappa shape index (κ1) is 12.8. The molecule has 0 atom stereocenters. The molecule has 4 heteroatoms. The minimum atomic E-state index is 0.474. The fourth-order valence-corrected chi connectivity index (χ4v) is 2.05. The van der Waals surface area contributed by atoms with Gasteiger partial charge < -0.3 is 4.90 Å². The van der Waals surface area contributed by atoms with Gasteiger partial charge in [0.15, 0.2) is 0 Å². The number of anilines is 1. The summed E-state index contributed by atoms with van der Waals surface area (Å²) in [5.74, 6) is 1.42. The van der Waals surface area contributed by atoms with E-state index in [2.05, 4.69) is 21.8 Å². The van der Waals surface area contributed by atoms with Gasteiger partial charge in [-0.25, -0.2) is 4.98 Å². The van der Waals surface area contributed by atoms with Gasteiger partial charge in [0.05, 0.1) is 18.1 Å². The van der Waals surface area contributed by atoms with Crippen LogP contribution in [0.2, 0.25) is 0 Å². The molecule has 0 spiro atoms. The van der Waals surface area contributed by atoms with Gasteiger partial charge in [0.1, 0.15) is 5.82 Å². The molecule has 0 N–H and O–H groups in total. The van der Waals surface area contributed by atoms with Crippen molar-refractivity contribution in [3.8, 4) is 0 Å². The van der Waals surface area contributed by atoms with Crippen LogP contribution in [0.3, 0.4) is 0 Å². The van der Waals surface area contributed by atoms with Gasteiger partial charge >= 0.3 is 0 Å². The molecular weight excluding hydrogens is 246 g/mol. The van der Waals surface area contributed by atoms with Crippen molar-refractivity contribution in [2.45, 2.75) is 19.3 Å². The van der Waals surface area contributed by atoms with Crippen LogP contribution in [0.4, 0.5) is 5.82 Å². The Kier molecular flexibility index (Phi) is 4.53. The van der Waals surface area contributed by atoms with Crippen molar-refractivity contribution in [3.05, 3.63) is 54.0 Å². The third-order valence-corrected chi connectivity index (χ3v) is 3.06. The second-order valence-corrected chi connectivity index (χ2v) is 4.22. The third kappa shape index (κ3) is 2.99. The topological polar surface area (TPSA) is 29.0 Å². The number of hydrogen-bond acceptors (Lipinski definition) is 3. The summed E-state index contributed by atoms with van der Waals surface area (Å²) in [4.78, 5) is 11.0. The van der Waals surface area contributed by atoms with Crippen LogP contribution in [0.5, 0.6) is 0 Å². The molecule has 18 heavy (non-hydrogen) atoms. The summed E-state index contributed by atoms with van der Waals surface area (Å²) >= 11 is 5.95. The molecule has 0 amide bonds. The number of nitrogens with zero attached hydrogens (tertiary/aromatic N) is 3. The average Bonchev–Trinajstić information content (AvgIpc) is 2.46. The molecular formula is C14H16ClN3. The van der Waals surface area contributed by atoms with Crippen molar-refractivity contribution in [2.24, 2.45) is 0 Å². The minimum absolute atomic E-state index is 0.474. The van der Waals surface area contributed by atoms with Gasteiger partial charge in [0.2, 0.25) is 0 Å². The average molecular weight is 262 g/mol. The number of rotatable bonds is 5. The summed E-state index contributed by atoms with van der Waals surface area (Å²) < 4.78 is 0. The van der Waals surface area contributed by atoms with Crippen molar-refractivity contribution < 1.29 is 0 Å². The Bertz CT molecular complexity index is 487. The standard InChI is InChI=1S/C14H16ClN3/c1-2-18(11-13-7-3-4-8-16-13)14-12(10-15)6-5-9-17-14/h3-9H,2,10-11H2,1H3. The van der Waals surface area contributed by atoms with E-state index in [0.717, 1.165) is 30.2 Å². The second kappa shape index (κ2) is 6.36. The highest BCUT2D eigenvalue weighted by Gasteiger charge is 2.11. The van der Waals surface area contributed by atoms with Crippen LogP contribution in [-0.2, 0) is 12.4 Å². The van der Waals surface area contributed by atoms with Gasteiger partial charge in [0, 0.05) is 24.5 Å². The Morgan fingerprint density at radius 3 is 2.61 bits per heavy atom. The highest BCUT2D eigenvalue weighted by Crippen LogP contribution is 2.20. The van der Waals surface area contributed by atoms with E-state index in [1.165, 1.54) is 0 Å². The Balaban J connectivity index is 2.23. The van der Waals surface area contributed by atoms with Crippen LogP contribution >= 0.6 is 11.6 Å².